The molecule has 2 aromatic heterocycles. The Morgan fingerprint density at radius 3 is 2.39 bits per heavy atom. The van der Waals surface area contributed by atoms with Crippen LogP contribution in [0, 0.1) is 0 Å². The lowest BCUT2D eigenvalue weighted by Gasteiger charge is -2.12. The molecule has 0 aliphatic heterocycles. The number of anilines is 2. The van der Waals surface area contributed by atoms with E-state index in [1.807, 2.05) is 24.3 Å². The number of aromatic nitrogens is 3. The van der Waals surface area contributed by atoms with E-state index in [9.17, 15) is 14.4 Å². The SMILES string of the molecule is CCn1nc(-c2cccc(-c3cc(OCCO)cc(C(N)=O)c3)c2)cc(NC=O)c1=O.CNc1c(Cl)cncc1Cl. The molecule has 0 bridgehead atoms. The molecule has 2 amide bonds. The lowest BCUT2D eigenvalue weighted by Crippen LogP contribution is -2.25. The number of pyridine rings is 1. The van der Waals surface area contributed by atoms with Crippen LogP contribution in [0.2, 0.25) is 10.0 Å². The van der Waals surface area contributed by atoms with Gasteiger partial charge in [-0.2, -0.15) is 5.10 Å². The molecule has 214 valence electrons. The Bertz CT molecular complexity index is 1570. The van der Waals surface area contributed by atoms with Crippen molar-refractivity contribution < 1.29 is 19.4 Å². The monoisotopic (exact) mass is 598 g/mol. The molecule has 0 saturated heterocycles. The van der Waals surface area contributed by atoms with Crippen molar-refractivity contribution >= 4 is 46.9 Å². The summed E-state index contributed by atoms with van der Waals surface area (Å²) in [6, 6.07) is 13.7. The Kier molecular flexibility index (Phi) is 11.2. The van der Waals surface area contributed by atoms with Gasteiger partial charge in [-0.15, -0.1) is 0 Å². The summed E-state index contributed by atoms with van der Waals surface area (Å²) in [6.45, 7) is 2.03. The number of primary amides is 1. The molecular formula is C28H28Cl2N6O5. The third-order valence-corrected chi connectivity index (χ3v) is 6.21. The molecule has 41 heavy (non-hydrogen) atoms. The molecule has 4 rings (SSSR count). The Labute approximate surface area is 245 Å². The Hall–Kier alpha value is -4.45. The Balaban J connectivity index is 0.000000389. The van der Waals surface area contributed by atoms with E-state index in [0.29, 0.717) is 45.6 Å². The second-order valence-electron chi connectivity index (χ2n) is 8.32. The summed E-state index contributed by atoms with van der Waals surface area (Å²) in [5.41, 5.74) is 8.81. The molecule has 0 fully saturated rings. The number of hydrogen-bond acceptors (Lipinski definition) is 8. The first-order valence-corrected chi connectivity index (χ1v) is 13.1. The molecule has 4 aromatic rings. The number of carbonyl (C=O) groups is 2. The molecule has 0 atom stereocenters. The highest BCUT2D eigenvalue weighted by Crippen LogP contribution is 2.30. The zero-order chi connectivity index (χ0) is 29.9. The smallest absolute Gasteiger partial charge is 0.290 e. The van der Waals surface area contributed by atoms with Crippen molar-refractivity contribution in [2.24, 2.45) is 5.73 Å². The number of nitrogens with one attached hydrogen (secondary N) is 2. The van der Waals surface area contributed by atoms with E-state index < -0.39 is 11.5 Å². The van der Waals surface area contributed by atoms with Crippen LogP contribution >= 0.6 is 23.2 Å². The van der Waals surface area contributed by atoms with E-state index in [0.717, 1.165) is 11.3 Å². The predicted molar refractivity (Wildman–Crippen MR) is 160 cm³/mol. The number of carbonyl (C=O) groups excluding carboxylic acids is 2. The van der Waals surface area contributed by atoms with E-state index in [1.165, 1.54) is 16.8 Å². The normalized spacial score (nSPS) is 10.3. The van der Waals surface area contributed by atoms with E-state index in [1.54, 1.807) is 38.5 Å². The Morgan fingerprint density at radius 2 is 1.80 bits per heavy atom. The lowest BCUT2D eigenvalue weighted by molar-refractivity contribution is -0.105. The molecule has 11 nitrogen and oxygen atoms in total. The van der Waals surface area contributed by atoms with Gasteiger partial charge in [0.1, 0.15) is 18.0 Å². The number of aliphatic hydroxyl groups excluding tert-OH is 1. The predicted octanol–water partition coefficient (Wildman–Crippen LogP) is 4.07. The minimum absolute atomic E-state index is 0.0800. The van der Waals surface area contributed by atoms with Crippen molar-refractivity contribution in [1.29, 1.82) is 0 Å². The first-order chi connectivity index (χ1) is 19.7. The lowest BCUT2D eigenvalue weighted by atomic mass is 9.99. The van der Waals surface area contributed by atoms with Gasteiger partial charge in [-0.1, -0.05) is 41.4 Å². The number of aryl methyl sites for hydroxylation is 1. The number of benzene rings is 2. The summed E-state index contributed by atoms with van der Waals surface area (Å²) in [5.74, 6) is -0.200. The summed E-state index contributed by atoms with van der Waals surface area (Å²) >= 11 is 11.4. The first kappa shape index (κ1) is 31.1. The van der Waals surface area contributed by atoms with Gasteiger partial charge in [-0.05, 0) is 48.4 Å². The van der Waals surface area contributed by atoms with E-state index >= 15 is 0 Å². The number of amides is 2. The quantitative estimate of drug-likeness (QED) is 0.199. The number of nitrogens with two attached hydrogens (primary N) is 1. The van der Waals surface area contributed by atoms with Gasteiger partial charge in [0, 0.05) is 37.1 Å². The van der Waals surface area contributed by atoms with Crippen LogP contribution in [-0.2, 0) is 11.3 Å². The fraction of sp³-hybridized carbons (Fsp3) is 0.179. The van der Waals surface area contributed by atoms with Gasteiger partial charge in [-0.3, -0.25) is 19.4 Å². The van der Waals surface area contributed by atoms with Crippen molar-refractivity contribution in [2.45, 2.75) is 13.5 Å². The maximum Gasteiger partial charge on any atom is 0.290 e. The van der Waals surface area contributed by atoms with Gasteiger partial charge in [0.25, 0.3) is 5.56 Å². The maximum absolute atomic E-state index is 12.3. The van der Waals surface area contributed by atoms with Crippen LogP contribution in [0.25, 0.3) is 22.4 Å². The molecule has 5 N–H and O–H groups in total. The van der Waals surface area contributed by atoms with Crippen molar-refractivity contribution in [3.63, 3.8) is 0 Å². The second-order valence-corrected chi connectivity index (χ2v) is 9.13. The molecule has 0 unspecified atom stereocenters. The average Bonchev–Trinajstić information content (AvgIpc) is 2.97. The molecule has 0 aliphatic rings. The molecule has 13 heteroatoms. The average molecular weight is 599 g/mol. The van der Waals surface area contributed by atoms with Crippen LogP contribution in [0.3, 0.4) is 0 Å². The zero-order valence-corrected chi connectivity index (χ0v) is 23.7. The summed E-state index contributed by atoms with van der Waals surface area (Å²) in [6.07, 6.45) is 3.53. The molecule has 0 radical (unpaired) electrons. The minimum Gasteiger partial charge on any atom is -0.491 e. The number of hydrogen-bond donors (Lipinski definition) is 4. The topological polar surface area (TPSA) is 161 Å². The summed E-state index contributed by atoms with van der Waals surface area (Å²) in [4.78, 5) is 38.7. The highest BCUT2D eigenvalue weighted by Gasteiger charge is 2.12. The number of rotatable bonds is 10. The van der Waals surface area contributed by atoms with Crippen LogP contribution in [0.1, 0.15) is 17.3 Å². The third-order valence-electron chi connectivity index (χ3n) is 5.63. The van der Waals surface area contributed by atoms with Crippen LogP contribution in [0.15, 0.2) is 65.7 Å². The fourth-order valence-corrected chi connectivity index (χ4v) is 4.28. The van der Waals surface area contributed by atoms with Crippen LogP contribution in [0.5, 0.6) is 5.75 Å². The minimum atomic E-state index is -0.604. The van der Waals surface area contributed by atoms with E-state index in [-0.39, 0.29) is 24.5 Å². The van der Waals surface area contributed by atoms with E-state index in [4.69, 9.17) is 38.8 Å². The molecule has 0 saturated carbocycles. The van der Waals surface area contributed by atoms with Gasteiger partial charge in [0.15, 0.2) is 0 Å². The summed E-state index contributed by atoms with van der Waals surface area (Å²) < 4.78 is 6.73. The largest absolute Gasteiger partial charge is 0.491 e. The highest BCUT2D eigenvalue weighted by molar-refractivity contribution is 6.38. The van der Waals surface area contributed by atoms with E-state index in [2.05, 4.69) is 20.7 Å². The van der Waals surface area contributed by atoms with Gasteiger partial charge in [-0.25, -0.2) is 4.68 Å². The fourth-order valence-electron chi connectivity index (χ4n) is 3.73. The second kappa shape index (κ2) is 14.8. The highest BCUT2D eigenvalue weighted by atomic mass is 35.5. The zero-order valence-electron chi connectivity index (χ0n) is 22.2. The third kappa shape index (κ3) is 8.04. The first-order valence-electron chi connectivity index (χ1n) is 12.3. The van der Waals surface area contributed by atoms with Crippen molar-refractivity contribution in [1.82, 2.24) is 14.8 Å². The van der Waals surface area contributed by atoms with Gasteiger partial charge >= 0.3 is 0 Å². The Morgan fingerprint density at radius 1 is 1.10 bits per heavy atom. The molecule has 0 aliphatic carbocycles. The number of halogens is 2. The molecule has 2 heterocycles. The number of nitrogens with zero attached hydrogens (tertiary/aromatic N) is 3. The van der Waals surface area contributed by atoms with Crippen LogP contribution in [0.4, 0.5) is 11.4 Å². The van der Waals surface area contributed by atoms with Crippen molar-refractivity contribution in [3.8, 4) is 28.1 Å². The molecule has 2 aromatic carbocycles. The summed E-state index contributed by atoms with van der Waals surface area (Å²) in [5, 5.41) is 19.7. The van der Waals surface area contributed by atoms with Crippen molar-refractivity contribution in [2.75, 3.05) is 30.9 Å². The molecule has 0 spiro atoms. The van der Waals surface area contributed by atoms with Gasteiger partial charge in [0.2, 0.25) is 12.3 Å². The summed E-state index contributed by atoms with van der Waals surface area (Å²) in [7, 11) is 1.76. The maximum atomic E-state index is 12.3. The van der Waals surface area contributed by atoms with Gasteiger partial charge in [0.05, 0.1) is 28.0 Å². The number of ether oxygens (including phenoxy) is 1. The van der Waals surface area contributed by atoms with Crippen molar-refractivity contribution in [3.05, 3.63) is 86.9 Å². The van der Waals surface area contributed by atoms with Crippen LogP contribution in [-0.4, -0.2) is 52.4 Å². The standard InChI is InChI=1S/C22H22N4O5.C6H6Cl2N2/c1-2-26-22(30)20(24-13-28)12-19(25-26)15-5-3-4-14(8-15)16-9-17(21(23)29)11-18(10-16)31-7-6-27;1-9-6-4(7)2-10-3-5(6)8/h3-5,8-13,27H,2,6-7H2,1H3,(H2,23,29)(H,24,28);2-3H,1H3,(H,9,10). The molecular weight excluding hydrogens is 571 g/mol. The van der Waals surface area contributed by atoms with Crippen LogP contribution < -0.4 is 26.7 Å². The number of aliphatic hydroxyl groups is 1. The van der Waals surface area contributed by atoms with Gasteiger partial charge < -0.3 is 26.2 Å².